The molecule has 1 unspecified atom stereocenters. The van der Waals surface area contributed by atoms with Gasteiger partial charge >= 0.3 is 5.97 Å². The fourth-order valence-corrected chi connectivity index (χ4v) is 6.51. The van der Waals surface area contributed by atoms with Crippen molar-refractivity contribution >= 4 is 22.8 Å². The average molecular weight is 481 g/mol. The van der Waals surface area contributed by atoms with Gasteiger partial charge in [0.1, 0.15) is 5.60 Å². The minimum Gasteiger partial charge on any atom is -0.460 e. The Morgan fingerprint density at radius 3 is 2.60 bits per heavy atom. The molecule has 0 radical (unpaired) electrons. The first-order valence-corrected chi connectivity index (χ1v) is 13.4. The molecule has 0 saturated carbocycles. The molecule has 1 aliphatic carbocycles. The van der Waals surface area contributed by atoms with Crippen LogP contribution in [0, 0.1) is 17.8 Å². The molecule has 6 nitrogen and oxygen atoms in total. The van der Waals surface area contributed by atoms with E-state index in [0.717, 1.165) is 44.0 Å². The molecular weight excluding hydrogens is 440 g/mol. The highest BCUT2D eigenvalue weighted by molar-refractivity contribution is 5.99. The van der Waals surface area contributed by atoms with E-state index in [-0.39, 0.29) is 17.8 Å². The summed E-state index contributed by atoms with van der Waals surface area (Å²) in [6.07, 6.45) is 7.05. The highest BCUT2D eigenvalue weighted by Crippen LogP contribution is 2.39. The van der Waals surface area contributed by atoms with Gasteiger partial charge in [-0.1, -0.05) is 0 Å². The number of rotatable bonds is 4. The minimum atomic E-state index is -0.473. The quantitative estimate of drug-likeness (QED) is 0.584. The van der Waals surface area contributed by atoms with Crippen LogP contribution in [0.2, 0.25) is 0 Å². The lowest BCUT2D eigenvalue weighted by Crippen LogP contribution is -2.30. The lowest BCUT2D eigenvalue weighted by molar-refractivity contribution is -0.155. The third-order valence-electron chi connectivity index (χ3n) is 8.28. The fourth-order valence-electron chi connectivity index (χ4n) is 6.51. The largest absolute Gasteiger partial charge is 0.460 e. The highest BCUT2D eigenvalue weighted by atomic mass is 16.6. The number of ether oxygens (including phenoxy) is 2. The topological polar surface area (TPSA) is 60.8 Å². The van der Waals surface area contributed by atoms with Crippen molar-refractivity contribution in [2.45, 2.75) is 71.3 Å². The van der Waals surface area contributed by atoms with Crippen LogP contribution in [0.3, 0.4) is 0 Å². The van der Waals surface area contributed by atoms with Crippen molar-refractivity contribution in [1.29, 1.82) is 0 Å². The Balaban J connectivity index is 1.31. The molecule has 190 valence electrons. The molecule has 0 spiro atoms. The molecule has 3 heterocycles. The number of fused-ring (bicyclic) bond motifs is 3. The molecule has 35 heavy (non-hydrogen) atoms. The normalized spacial score (nSPS) is 23.5. The lowest BCUT2D eigenvalue weighted by atomic mass is 9.75. The number of hydrogen-bond acceptors (Lipinski definition) is 4. The number of esters is 1. The van der Waals surface area contributed by atoms with Crippen molar-refractivity contribution in [3.63, 3.8) is 0 Å². The highest BCUT2D eigenvalue weighted by Gasteiger charge is 2.32. The Hall–Kier alpha value is -2.34. The Morgan fingerprint density at radius 2 is 1.86 bits per heavy atom. The van der Waals surface area contributed by atoms with E-state index in [9.17, 15) is 9.59 Å². The van der Waals surface area contributed by atoms with Crippen LogP contribution in [0.5, 0.6) is 0 Å². The first kappa shape index (κ1) is 24.4. The zero-order chi connectivity index (χ0) is 24.7. The van der Waals surface area contributed by atoms with Crippen LogP contribution in [0.15, 0.2) is 18.2 Å². The molecule has 2 aliphatic heterocycles. The van der Waals surface area contributed by atoms with Crippen molar-refractivity contribution in [1.82, 2.24) is 9.47 Å². The number of amides is 1. The molecule has 0 bridgehead atoms. The van der Waals surface area contributed by atoms with Crippen molar-refractivity contribution in [3.05, 3.63) is 35.0 Å². The molecule has 0 N–H and O–H groups in total. The van der Waals surface area contributed by atoms with Gasteiger partial charge in [0.15, 0.2) is 0 Å². The van der Waals surface area contributed by atoms with Gasteiger partial charge in [0, 0.05) is 55.5 Å². The van der Waals surface area contributed by atoms with Gasteiger partial charge in [0.05, 0.1) is 6.42 Å². The summed E-state index contributed by atoms with van der Waals surface area (Å²) in [5.74, 6) is 1.54. The second-order valence-corrected chi connectivity index (χ2v) is 11.9. The maximum atomic E-state index is 13.4. The van der Waals surface area contributed by atoms with Crippen molar-refractivity contribution < 1.29 is 19.1 Å². The molecule has 1 amide bonds. The minimum absolute atomic E-state index is 0.0768. The number of nitrogens with zero attached hydrogens (tertiary/aromatic N) is 2. The molecule has 2 saturated heterocycles. The first-order valence-electron chi connectivity index (χ1n) is 13.4. The number of carbonyl (C=O) groups is 2. The second-order valence-electron chi connectivity index (χ2n) is 11.9. The van der Waals surface area contributed by atoms with Gasteiger partial charge in [-0.15, -0.1) is 0 Å². The van der Waals surface area contributed by atoms with E-state index in [1.807, 2.05) is 31.7 Å². The van der Waals surface area contributed by atoms with Crippen LogP contribution >= 0.6 is 0 Å². The van der Waals surface area contributed by atoms with Gasteiger partial charge in [-0.3, -0.25) is 9.59 Å². The molecular formula is C29H40N2O4. The van der Waals surface area contributed by atoms with Gasteiger partial charge in [-0.05, 0) is 101 Å². The zero-order valence-electron chi connectivity index (χ0n) is 21.8. The Kier molecular flexibility index (Phi) is 6.69. The van der Waals surface area contributed by atoms with E-state index in [1.165, 1.54) is 41.4 Å². The van der Waals surface area contributed by atoms with E-state index < -0.39 is 5.60 Å². The molecule has 2 atom stereocenters. The number of hydrogen-bond donors (Lipinski definition) is 0. The van der Waals surface area contributed by atoms with Crippen LogP contribution in [0.4, 0.5) is 0 Å². The molecule has 1 aromatic carbocycles. The number of aryl methyl sites for hydroxylation is 1. The second kappa shape index (κ2) is 9.61. The maximum absolute atomic E-state index is 13.4. The Labute approximate surface area is 208 Å². The van der Waals surface area contributed by atoms with Gasteiger partial charge in [-0.25, -0.2) is 0 Å². The Bertz CT molecular complexity index is 1110. The lowest BCUT2D eigenvalue weighted by Gasteiger charge is -2.33. The number of carbonyl (C=O) groups excluding carboxylic acids is 2. The molecule has 6 heteroatoms. The van der Waals surface area contributed by atoms with E-state index in [0.29, 0.717) is 25.4 Å². The molecule has 1 aromatic heterocycles. The molecule has 5 rings (SSSR count). The van der Waals surface area contributed by atoms with Crippen LogP contribution < -0.4 is 0 Å². The fraction of sp³-hybridized carbons (Fsp3) is 0.655. The third kappa shape index (κ3) is 5.13. The predicted octanol–water partition coefficient (Wildman–Crippen LogP) is 4.90. The van der Waals surface area contributed by atoms with E-state index >= 15 is 0 Å². The monoisotopic (exact) mass is 480 g/mol. The van der Waals surface area contributed by atoms with Gasteiger partial charge in [0.25, 0.3) is 5.91 Å². The summed E-state index contributed by atoms with van der Waals surface area (Å²) in [4.78, 5) is 27.6. The number of benzene rings is 1. The zero-order valence-corrected chi connectivity index (χ0v) is 21.8. The van der Waals surface area contributed by atoms with Gasteiger partial charge in [0.2, 0.25) is 0 Å². The Morgan fingerprint density at radius 1 is 1.09 bits per heavy atom. The summed E-state index contributed by atoms with van der Waals surface area (Å²) >= 11 is 0. The summed E-state index contributed by atoms with van der Waals surface area (Å²) in [5.41, 5.74) is 4.40. The smallest absolute Gasteiger partial charge is 0.306 e. The predicted molar refractivity (Wildman–Crippen MR) is 136 cm³/mol. The third-order valence-corrected chi connectivity index (χ3v) is 8.28. The van der Waals surface area contributed by atoms with Crippen molar-refractivity contribution in [3.8, 4) is 0 Å². The van der Waals surface area contributed by atoms with Crippen molar-refractivity contribution in [2.75, 3.05) is 26.3 Å². The summed E-state index contributed by atoms with van der Waals surface area (Å²) in [7, 11) is 2.17. The van der Waals surface area contributed by atoms with Crippen LogP contribution in [0.25, 0.3) is 10.9 Å². The van der Waals surface area contributed by atoms with Crippen LogP contribution in [0.1, 0.15) is 74.5 Å². The van der Waals surface area contributed by atoms with Gasteiger partial charge < -0.3 is 18.9 Å². The molecule has 3 aliphatic rings. The first-order chi connectivity index (χ1) is 16.7. The number of aromatic nitrogens is 1. The van der Waals surface area contributed by atoms with E-state index in [2.05, 4.69) is 23.7 Å². The van der Waals surface area contributed by atoms with E-state index in [1.54, 1.807) is 0 Å². The molecule has 2 fully saturated rings. The maximum Gasteiger partial charge on any atom is 0.306 e. The van der Waals surface area contributed by atoms with Crippen LogP contribution in [-0.2, 0) is 34.2 Å². The summed E-state index contributed by atoms with van der Waals surface area (Å²) in [6.45, 7) is 8.77. The summed E-state index contributed by atoms with van der Waals surface area (Å²) < 4.78 is 13.4. The SMILES string of the molecule is Cn1c2c(c3cc(C(=O)N4CC[C@H](CC(=O)OC(C)(C)C)C4)ccc31)CC(C1CCOCC1)CC2. The standard InChI is InChI=1S/C29H40N2O4/c1-29(2,3)35-27(32)15-19-9-12-31(18-19)28(33)22-6-8-26-24(17-22)23-16-21(5-7-25(23)30(26)4)20-10-13-34-14-11-20/h6,8,17,19-21H,5,7,9-16,18H2,1-4H3/t19-,21?/m1/s1. The van der Waals surface area contributed by atoms with E-state index in [4.69, 9.17) is 9.47 Å². The number of likely N-dealkylation sites (tertiary alicyclic amines) is 1. The van der Waals surface area contributed by atoms with Gasteiger partial charge in [-0.2, -0.15) is 0 Å². The van der Waals surface area contributed by atoms with Crippen LogP contribution in [-0.4, -0.2) is 53.2 Å². The van der Waals surface area contributed by atoms with Crippen molar-refractivity contribution in [2.24, 2.45) is 24.8 Å². The average Bonchev–Trinajstić information content (AvgIpc) is 3.40. The summed E-state index contributed by atoms with van der Waals surface area (Å²) in [5, 5.41) is 1.25. The summed E-state index contributed by atoms with van der Waals surface area (Å²) in [6, 6.07) is 6.23. The molecule has 2 aromatic rings.